The number of phenols is 1. The summed E-state index contributed by atoms with van der Waals surface area (Å²) in [5, 5.41) is 10.0. The molecule has 0 saturated carbocycles. The van der Waals surface area contributed by atoms with Crippen molar-refractivity contribution in [2.24, 2.45) is 0 Å². The molecule has 2 rings (SSSR count). The minimum absolute atomic E-state index is 0.213. The molecule has 0 spiro atoms. The summed E-state index contributed by atoms with van der Waals surface area (Å²) in [5.41, 5.74) is 0.765. The van der Waals surface area contributed by atoms with Gasteiger partial charge in [0.15, 0.2) is 0 Å². The third kappa shape index (κ3) is 1.59. The summed E-state index contributed by atoms with van der Waals surface area (Å²) >= 11 is 0. The second-order valence-electron chi connectivity index (χ2n) is 2.83. The Hall–Kier alpha value is -1.84. The average molecular weight is 190 g/mol. The lowest BCUT2D eigenvalue weighted by atomic mass is 10.2. The first-order chi connectivity index (χ1) is 6.79. The number of ether oxygens (including phenoxy) is 1. The summed E-state index contributed by atoms with van der Waals surface area (Å²) in [4.78, 5) is 8.15. The summed E-state index contributed by atoms with van der Waals surface area (Å²) in [7, 11) is 0. The highest BCUT2D eigenvalue weighted by Crippen LogP contribution is 2.18. The molecule has 0 unspecified atom stereocenters. The third-order valence-electron chi connectivity index (χ3n) is 1.81. The Morgan fingerprint density at radius 2 is 2.29 bits per heavy atom. The molecular formula is C10H10N2O2. The molecule has 4 heteroatoms. The number of benzene rings is 1. The first kappa shape index (κ1) is 8.74. The number of rotatable bonds is 2. The highest BCUT2D eigenvalue weighted by molar-refractivity contribution is 5.79. The van der Waals surface area contributed by atoms with Crippen molar-refractivity contribution in [1.29, 1.82) is 0 Å². The third-order valence-corrected chi connectivity index (χ3v) is 1.81. The van der Waals surface area contributed by atoms with Crippen molar-refractivity contribution in [3.63, 3.8) is 0 Å². The van der Waals surface area contributed by atoms with Gasteiger partial charge in [0, 0.05) is 11.6 Å². The van der Waals surface area contributed by atoms with E-state index < -0.39 is 0 Å². The van der Waals surface area contributed by atoms with E-state index in [0.29, 0.717) is 12.6 Å². The van der Waals surface area contributed by atoms with E-state index in [9.17, 15) is 5.11 Å². The fourth-order valence-electron chi connectivity index (χ4n) is 1.20. The van der Waals surface area contributed by atoms with Crippen LogP contribution < -0.4 is 4.74 Å². The van der Waals surface area contributed by atoms with Gasteiger partial charge in [0.2, 0.25) is 0 Å². The molecule has 2 aromatic rings. The van der Waals surface area contributed by atoms with Crippen LogP contribution >= 0.6 is 0 Å². The predicted molar refractivity (Wildman–Crippen MR) is 52.4 cm³/mol. The van der Waals surface area contributed by atoms with Gasteiger partial charge in [0.25, 0.3) is 0 Å². The summed E-state index contributed by atoms with van der Waals surface area (Å²) in [6, 6.07) is 5.30. The number of hydrogen-bond donors (Lipinski definition) is 1. The molecule has 0 atom stereocenters. The fourth-order valence-corrected chi connectivity index (χ4v) is 1.20. The highest BCUT2D eigenvalue weighted by atomic mass is 16.5. The molecule has 14 heavy (non-hydrogen) atoms. The molecule has 1 aromatic heterocycles. The molecule has 72 valence electrons. The molecule has 0 aliphatic heterocycles. The van der Waals surface area contributed by atoms with Gasteiger partial charge in [-0.1, -0.05) is 0 Å². The van der Waals surface area contributed by atoms with Gasteiger partial charge in [-0.3, -0.25) is 0 Å². The zero-order valence-electron chi connectivity index (χ0n) is 7.77. The molecule has 0 aliphatic carbocycles. The molecule has 0 saturated heterocycles. The van der Waals surface area contributed by atoms with Crippen molar-refractivity contribution in [2.75, 3.05) is 6.61 Å². The quantitative estimate of drug-likeness (QED) is 0.783. The van der Waals surface area contributed by atoms with Gasteiger partial charge in [-0.2, -0.15) is 4.98 Å². The molecule has 0 aliphatic rings. The van der Waals surface area contributed by atoms with Crippen LogP contribution in [0.15, 0.2) is 24.4 Å². The van der Waals surface area contributed by atoms with Crippen LogP contribution in [0.25, 0.3) is 10.9 Å². The van der Waals surface area contributed by atoms with Crippen LogP contribution in [0.1, 0.15) is 6.92 Å². The van der Waals surface area contributed by atoms with Gasteiger partial charge >= 0.3 is 6.01 Å². The van der Waals surface area contributed by atoms with Crippen LogP contribution in [0.5, 0.6) is 11.8 Å². The van der Waals surface area contributed by atoms with Crippen LogP contribution in [-0.2, 0) is 0 Å². The number of hydrogen-bond acceptors (Lipinski definition) is 4. The van der Waals surface area contributed by atoms with Crippen LogP contribution in [0.2, 0.25) is 0 Å². The van der Waals surface area contributed by atoms with Crippen molar-refractivity contribution >= 4 is 10.9 Å². The average Bonchev–Trinajstić information content (AvgIpc) is 2.19. The molecule has 4 nitrogen and oxygen atoms in total. The largest absolute Gasteiger partial charge is 0.508 e. The van der Waals surface area contributed by atoms with E-state index in [1.807, 2.05) is 6.92 Å². The van der Waals surface area contributed by atoms with E-state index in [4.69, 9.17) is 4.74 Å². The molecular weight excluding hydrogens is 180 g/mol. The lowest BCUT2D eigenvalue weighted by molar-refractivity contribution is 0.314. The van der Waals surface area contributed by atoms with Crippen molar-refractivity contribution in [1.82, 2.24) is 9.97 Å². The fraction of sp³-hybridized carbons (Fsp3) is 0.200. The van der Waals surface area contributed by atoms with Crippen LogP contribution in [0.3, 0.4) is 0 Å². The minimum Gasteiger partial charge on any atom is -0.508 e. The van der Waals surface area contributed by atoms with E-state index >= 15 is 0 Å². The summed E-state index contributed by atoms with van der Waals surface area (Å²) in [5.74, 6) is 0.213. The number of fused-ring (bicyclic) bond motifs is 1. The van der Waals surface area contributed by atoms with Gasteiger partial charge in [0.05, 0.1) is 12.1 Å². The molecule has 1 N–H and O–H groups in total. The Balaban J connectivity index is 2.50. The Morgan fingerprint density at radius 3 is 3.07 bits per heavy atom. The van der Waals surface area contributed by atoms with E-state index in [0.717, 1.165) is 10.9 Å². The van der Waals surface area contributed by atoms with Crippen LogP contribution in [0.4, 0.5) is 0 Å². The maximum atomic E-state index is 9.22. The lowest BCUT2D eigenvalue weighted by Crippen LogP contribution is -1.96. The monoisotopic (exact) mass is 190 g/mol. The summed E-state index contributed by atoms with van der Waals surface area (Å²) < 4.78 is 5.16. The summed E-state index contributed by atoms with van der Waals surface area (Å²) in [6.07, 6.45) is 1.63. The number of phenolic OH excluding ortho intramolecular Hbond substituents is 1. The van der Waals surface area contributed by atoms with Gasteiger partial charge < -0.3 is 9.84 Å². The molecule has 0 radical (unpaired) electrons. The Kier molecular flexibility index (Phi) is 2.18. The molecule has 0 fully saturated rings. The first-order valence-corrected chi connectivity index (χ1v) is 4.38. The molecule has 1 aromatic carbocycles. The van der Waals surface area contributed by atoms with Gasteiger partial charge in [0.1, 0.15) is 5.75 Å². The number of nitrogens with zero attached hydrogens (tertiary/aromatic N) is 2. The van der Waals surface area contributed by atoms with Crippen LogP contribution in [-0.4, -0.2) is 21.7 Å². The Morgan fingerprint density at radius 1 is 1.43 bits per heavy atom. The highest BCUT2D eigenvalue weighted by Gasteiger charge is 2.00. The smallest absolute Gasteiger partial charge is 0.316 e. The topological polar surface area (TPSA) is 55.2 Å². The van der Waals surface area contributed by atoms with Gasteiger partial charge in [-0.05, 0) is 25.1 Å². The zero-order chi connectivity index (χ0) is 9.97. The van der Waals surface area contributed by atoms with E-state index in [-0.39, 0.29) is 5.75 Å². The van der Waals surface area contributed by atoms with Crippen molar-refractivity contribution in [3.8, 4) is 11.8 Å². The molecule has 0 bridgehead atoms. The molecule has 0 amide bonds. The van der Waals surface area contributed by atoms with E-state index in [2.05, 4.69) is 9.97 Å². The Bertz CT molecular complexity index is 457. The van der Waals surface area contributed by atoms with Crippen molar-refractivity contribution in [2.45, 2.75) is 6.92 Å². The van der Waals surface area contributed by atoms with Crippen molar-refractivity contribution < 1.29 is 9.84 Å². The summed E-state index contributed by atoms with van der Waals surface area (Å²) in [6.45, 7) is 2.42. The second-order valence-corrected chi connectivity index (χ2v) is 2.83. The maximum absolute atomic E-state index is 9.22. The van der Waals surface area contributed by atoms with E-state index in [1.54, 1.807) is 24.4 Å². The lowest BCUT2D eigenvalue weighted by Gasteiger charge is -2.02. The zero-order valence-corrected chi connectivity index (χ0v) is 7.77. The van der Waals surface area contributed by atoms with Crippen LogP contribution in [0, 0.1) is 0 Å². The molecule has 1 heterocycles. The number of aromatic nitrogens is 2. The number of aromatic hydroxyl groups is 1. The normalized spacial score (nSPS) is 10.4. The second kappa shape index (κ2) is 3.49. The van der Waals surface area contributed by atoms with Crippen molar-refractivity contribution in [3.05, 3.63) is 24.4 Å². The SMILES string of the molecule is CCOc1ncc2cc(O)ccc2n1. The Labute approximate surface area is 81.2 Å². The van der Waals surface area contributed by atoms with Gasteiger partial charge in [-0.15, -0.1) is 0 Å². The first-order valence-electron chi connectivity index (χ1n) is 4.38. The maximum Gasteiger partial charge on any atom is 0.316 e. The van der Waals surface area contributed by atoms with Gasteiger partial charge in [-0.25, -0.2) is 4.98 Å². The standard InChI is InChI=1S/C10H10N2O2/c1-2-14-10-11-6-7-5-8(13)3-4-9(7)12-10/h3-6,13H,2H2,1H3. The van der Waals surface area contributed by atoms with E-state index in [1.165, 1.54) is 0 Å². The predicted octanol–water partition coefficient (Wildman–Crippen LogP) is 1.73. The minimum atomic E-state index is 0.213.